The van der Waals surface area contributed by atoms with Crippen molar-refractivity contribution in [2.24, 2.45) is 10.7 Å². The van der Waals surface area contributed by atoms with Gasteiger partial charge in [0.25, 0.3) is 5.91 Å². The van der Waals surface area contributed by atoms with Gasteiger partial charge >= 0.3 is 0 Å². The molecular weight excluding hydrogens is 372 g/mol. The summed E-state index contributed by atoms with van der Waals surface area (Å²) in [6.07, 6.45) is 3.66. The van der Waals surface area contributed by atoms with Gasteiger partial charge in [0.2, 0.25) is 5.91 Å². The highest BCUT2D eigenvalue weighted by molar-refractivity contribution is 8.18. The van der Waals surface area contributed by atoms with Crippen LogP contribution in [-0.4, -0.2) is 21.5 Å². The number of thioether (sulfide) groups is 1. The molecule has 2 heterocycles. The lowest BCUT2D eigenvalue weighted by Gasteiger charge is -2.00. The van der Waals surface area contributed by atoms with E-state index in [2.05, 4.69) is 10.3 Å². The monoisotopic (exact) mass is 390 g/mol. The molecule has 3 aromatic rings. The van der Waals surface area contributed by atoms with Gasteiger partial charge in [0.05, 0.1) is 10.6 Å². The van der Waals surface area contributed by atoms with Crippen LogP contribution in [-0.2, 0) is 16.1 Å². The van der Waals surface area contributed by atoms with Gasteiger partial charge in [-0.15, -0.1) is 0 Å². The molecule has 1 aliphatic heterocycles. The minimum Gasteiger partial charge on any atom is -0.368 e. The van der Waals surface area contributed by atoms with Crippen LogP contribution in [0.1, 0.15) is 11.1 Å². The molecule has 0 spiro atoms. The van der Waals surface area contributed by atoms with E-state index in [0.29, 0.717) is 10.1 Å². The minimum absolute atomic E-state index is 0.0864. The third-order valence-corrected chi connectivity index (χ3v) is 5.23. The molecule has 1 saturated heterocycles. The molecule has 2 aromatic carbocycles. The van der Waals surface area contributed by atoms with E-state index in [9.17, 15) is 9.59 Å². The molecule has 28 heavy (non-hydrogen) atoms. The number of amidine groups is 1. The first-order valence-corrected chi connectivity index (χ1v) is 9.54. The molecule has 4 rings (SSSR count). The van der Waals surface area contributed by atoms with Crippen LogP contribution in [0.5, 0.6) is 0 Å². The molecule has 2 amide bonds. The normalized spacial score (nSPS) is 16.8. The number of para-hydroxylation sites is 1. The number of amides is 2. The van der Waals surface area contributed by atoms with Crippen molar-refractivity contribution < 1.29 is 9.59 Å². The van der Waals surface area contributed by atoms with Crippen LogP contribution in [0.15, 0.2) is 64.6 Å². The van der Waals surface area contributed by atoms with Crippen LogP contribution in [0.25, 0.3) is 17.0 Å². The molecular formula is C21H18N4O2S. The van der Waals surface area contributed by atoms with Crippen LogP contribution >= 0.6 is 11.8 Å². The third-order valence-electron chi connectivity index (χ3n) is 4.32. The van der Waals surface area contributed by atoms with E-state index in [1.807, 2.05) is 67.7 Å². The molecule has 140 valence electrons. The van der Waals surface area contributed by atoms with Gasteiger partial charge < -0.3 is 15.6 Å². The van der Waals surface area contributed by atoms with Crippen LogP contribution in [0.4, 0.5) is 5.69 Å². The summed E-state index contributed by atoms with van der Waals surface area (Å²) in [6, 6.07) is 15.5. The number of carbonyl (C=O) groups excluding carboxylic acids is 2. The van der Waals surface area contributed by atoms with Crippen molar-refractivity contribution in [1.29, 1.82) is 0 Å². The molecule has 1 aliphatic rings. The Bertz CT molecular complexity index is 1160. The van der Waals surface area contributed by atoms with Crippen molar-refractivity contribution in [3.05, 3.63) is 70.8 Å². The van der Waals surface area contributed by atoms with Crippen molar-refractivity contribution in [2.45, 2.75) is 13.5 Å². The number of aliphatic imine (C=N–C) groups is 1. The predicted molar refractivity (Wildman–Crippen MR) is 113 cm³/mol. The Balaban J connectivity index is 1.68. The number of aryl methyl sites for hydroxylation is 1. The second-order valence-electron chi connectivity index (χ2n) is 6.52. The largest absolute Gasteiger partial charge is 0.368 e. The lowest BCUT2D eigenvalue weighted by molar-refractivity contribution is -0.118. The number of nitrogens with one attached hydrogen (secondary N) is 1. The van der Waals surface area contributed by atoms with Gasteiger partial charge in [0.15, 0.2) is 5.17 Å². The third kappa shape index (κ3) is 3.70. The maximum Gasteiger partial charge on any atom is 0.264 e. The number of nitrogens with two attached hydrogens (primary N) is 1. The Kier molecular flexibility index (Phi) is 4.75. The zero-order chi connectivity index (χ0) is 19.7. The highest BCUT2D eigenvalue weighted by Gasteiger charge is 2.24. The zero-order valence-corrected chi connectivity index (χ0v) is 16.0. The molecule has 0 atom stereocenters. The van der Waals surface area contributed by atoms with E-state index in [1.165, 1.54) is 11.8 Å². The molecule has 3 N–H and O–H groups in total. The molecule has 0 saturated carbocycles. The number of aromatic nitrogens is 1. The molecule has 0 bridgehead atoms. The number of fused-ring (bicyclic) bond motifs is 1. The van der Waals surface area contributed by atoms with Crippen molar-refractivity contribution in [3.8, 4) is 0 Å². The number of benzene rings is 2. The molecule has 7 heteroatoms. The first-order chi connectivity index (χ1) is 13.5. The summed E-state index contributed by atoms with van der Waals surface area (Å²) in [7, 11) is 0. The van der Waals surface area contributed by atoms with Crippen molar-refractivity contribution in [2.75, 3.05) is 0 Å². The molecule has 0 radical (unpaired) electrons. The Morgan fingerprint density at radius 3 is 2.86 bits per heavy atom. The van der Waals surface area contributed by atoms with Crippen LogP contribution in [0.2, 0.25) is 0 Å². The van der Waals surface area contributed by atoms with E-state index in [1.54, 1.807) is 4.57 Å². The zero-order valence-electron chi connectivity index (χ0n) is 15.2. The Morgan fingerprint density at radius 2 is 2.07 bits per heavy atom. The van der Waals surface area contributed by atoms with E-state index in [4.69, 9.17) is 5.73 Å². The summed E-state index contributed by atoms with van der Waals surface area (Å²) in [6.45, 7) is 2.08. The van der Waals surface area contributed by atoms with E-state index in [-0.39, 0.29) is 12.5 Å². The predicted octanol–water partition coefficient (Wildman–Crippen LogP) is 3.33. The first-order valence-electron chi connectivity index (χ1n) is 8.72. The fraction of sp³-hybridized carbons (Fsp3) is 0.0952. The molecule has 0 aliphatic carbocycles. The maximum absolute atomic E-state index is 12.4. The summed E-state index contributed by atoms with van der Waals surface area (Å²) in [5.41, 5.74) is 9.00. The SMILES string of the molecule is Cc1cccc(N=C2NC(=O)C(=Cc3cn(CC(N)=O)c4ccccc34)S2)c1. The van der Waals surface area contributed by atoms with Gasteiger partial charge in [0.1, 0.15) is 6.54 Å². The van der Waals surface area contributed by atoms with Crippen molar-refractivity contribution >= 4 is 51.4 Å². The van der Waals surface area contributed by atoms with Gasteiger partial charge in [-0.25, -0.2) is 4.99 Å². The Morgan fingerprint density at radius 1 is 1.25 bits per heavy atom. The molecule has 1 fully saturated rings. The van der Waals surface area contributed by atoms with Gasteiger partial charge in [-0.3, -0.25) is 9.59 Å². The highest BCUT2D eigenvalue weighted by Crippen LogP contribution is 2.31. The van der Waals surface area contributed by atoms with Gasteiger partial charge in [0, 0.05) is 22.7 Å². The van der Waals surface area contributed by atoms with Crippen LogP contribution < -0.4 is 11.1 Å². The summed E-state index contributed by atoms with van der Waals surface area (Å²) in [5.74, 6) is -0.608. The Hall–Kier alpha value is -3.32. The van der Waals surface area contributed by atoms with Crippen LogP contribution in [0.3, 0.4) is 0 Å². The number of primary amides is 1. The number of hydrogen-bond donors (Lipinski definition) is 2. The van der Waals surface area contributed by atoms with E-state index < -0.39 is 5.91 Å². The fourth-order valence-electron chi connectivity index (χ4n) is 3.13. The highest BCUT2D eigenvalue weighted by atomic mass is 32.2. The number of rotatable bonds is 4. The number of nitrogens with zero attached hydrogens (tertiary/aromatic N) is 2. The van der Waals surface area contributed by atoms with Gasteiger partial charge in [-0.05, 0) is 48.5 Å². The van der Waals surface area contributed by atoms with Crippen molar-refractivity contribution in [1.82, 2.24) is 9.88 Å². The fourth-order valence-corrected chi connectivity index (χ4v) is 3.96. The second-order valence-corrected chi connectivity index (χ2v) is 7.55. The smallest absolute Gasteiger partial charge is 0.264 e. The lowest BCUT2D eigenvalue weighted by atomic mass is 10.1. The minimum atomic E-state index is -0.416. The van der Waals surface area contributed by atoms with Gasteiger partial charge in [-0.1, -0.05) is 30.3 Å². The average molecular weight is 390 g/mol. The van der Waals surface area contributed by atoms with E-state index >= 15 is 0 Å². The maximum atomic E-state index is 12.4. The molecule has 1 aromatic heterocycles. The van der Waals surface area contributed by atoms with E-state index in [0.717, 1.165) is 27.7 Å². The summed E-state index contributed by atoms with van der Waals surface area (Å²) < 4.78 is 1.79. The van der Waals surface area contributed by atoms with Gasteiger partial charge in [-0.2, -0.15) is 0 Å². The summed E-state index contributed by atoms with van der Waals surface area (Å²) in [5, 5.41) is 4.30. The topological polar surface area (TPSA) is 89.5 Å². The van der Waals surface area contributed by atoms with Crippen LogP contribution in [0, 0.1) is 6.92 Å². The first kappa shape index (κ1) is 18.1. The molecule has 6 nitrogen and oxygen atoms in total. The second kappa shape index (κ2) is 7.36. The summed E-state index contributed by atoms with van der Waals surface area (Å²) in [4.78, 5) is 28.8. The number of hydrogen-bond acceptors (Lipinski definition) is 4. The Labute approximate surface area is 166 Å². The average Bonchev–Trinajstić information content (AvgIpc) is 3.16. The quantitative estimate of drug-likeness (QED) is 0.670. The standard InChI is InChI=1S/C21H18N4O2S/c1-13-5-4-6-15(9-13)23-21-24-20(27)18(28-21)10-14-11-25(12-19(22)26)17-8-3-2-7-16(14)17/h2-11H,12H2,1H3,(H2,22,26)(H,23,24,27). The van der Waals surface area contributed by atoms with Crippen molar-refractivity contribution in [3.63, 3.8) is 0 Å². The lowest BCUT2D eigenvalue weighted by Crippen LogP contribution is -2.19. The number of carbonyl (C=O) groups is 2. The summed E-state index contributed by atoms with van der Waals surface area (Å²) >= 11 is 1.30. The molecule has 0 unspecified atom stereocenters.